The van der Waals surface area contributed by atoms with E-state index in [1.165, 1.54) is 18.6 Å². The highest BCUT2D eigenvalue weighted by Gasteiger charge is 2.67. The zero-order valence-electron chi connectivity index (χ0n) is 24.0. The SMILES string of the molecule is CC(=O)Oc1cc(O)c2c3c1C[C@@H]1[C@@H]4CC[C@@H](N(C)C(=O)/C=C/c5ccoc5)[C@H](O2)[C@]34CCN1CCc1ccccc1. The number of esters is 1. The van der Waals surface area contributed by atoms with Gasteiger partial charge in [0, 0.05) is 60.8 Å². The van der Waals surface area contributed by atoms with Gasteiger partial charge in [0.1, 0.15) is 11.9 Å². The van der Waals surface area contributed by atoms with Crippen molar-refractivity contribution in [3.8, 4) is 17.2 Å². The number of carbonyl (C=O) groups is 2. The Balaban J connectivity index is 1.25. The minimum Gasteiger partial charge on any atom is -0.504 e. The first-order chi connectivity index (χ1) is 20.4. The topological polar surface area (TPSA) is 92.5 Å². The van der Waals surface area contributed by atoms with Gasteiger partial charge in [-0.1, -0.05) is 30.3 Å². The fourth-order valence-electron chi connectivity index (χ4n) is 8.31. The summed E-state index contributed by atoms with van der Waals surface area (Å²) in [6.07, 6.45) is 10.5. The number of piperidine rings is 1. The van der Waals surface area contributed by atoms with E-state index in [1.54, 1.807) is 29.6 Å². The van der Waals surface area contributed by atoms with Crippen molar-refractivity contribution in [2.45, 2.75) is 62.6 Å². The molecule has 8 heteroatoms. The first kappa shape index (κ1) is 26.8. The minimum absolute atomic E-state index is 0.00920. The number of likely N-dealkylation sites (tertiary alicyclic amines) is 1. The number of amides is 1. The first-order valence-corrected chi connectivity index (χ1v) is 14.9. The predicted octanol–water partition coefficient (Wildman–Crippen LogP) is 4.73. The van der Waals surface area contributed by atoms with Gasteiger partial charge in [-0.25, -0.2) is 0 Å². The fourth-order valence-corrected chi connectivity index (χ4v) is 8.31. The molecule has 0 radical (unpaired) electrons. The van der Waals surface area contributed by atoms with Gasteiger partial charge >= 0.3 is 5.97 Å². The molecule has 2 aromatic carbocycles. The van der Waals surface area contributed by atoms with Crippen molar-refractivity contribution in [2.75, 3.05) is 20.1 Å². The highest BCUT2D eigenvalue weighted by molar-refractivity contribution is 5.92. The van der Waals surface area contributed by atoms with Gasteiger partial charge in [0.15, 0.2) is 11.5 Å². The van der Waals surface area contributed by atoms with E-state index in [-0.39, 0.29) is 35.3 Å². The van der Waals surface area contributed by atoms with E-state index in [1.807, 2.05) is 19.2 Å². The number of nitrogens with zero attached hydrogens (tertiary/aromatic N) is 2. The smallest absolute Gasteiger partial charge is 0.308 e. The summed E-state index contributed by atoms with van der Waals surface area (Å²) in [7, 11) is 1.84. The van der Waals surface area contributed by atoms with Gasteiger partial charge in [-0.3, -0.25) is 14.5 Å². The highest BCUT2D eigenvalue weighted by atomic mass is 16.5. The van der Waals surface area contributed by atoms with Gasteiger partial charge in [0.05, 0.1) is 18.6 Å². The van der Waals surface area contributed by atoms with Gasteiger partial charge in [0.2, 0.25) is 5.91 Å². The number of benzene rings is 2. The second-order valence-corrected chi connectivity index (χ2v) is 12.1. The lowest BCUT2D eigenvalue weighted by Crippen LogP contribution is -2.69. The molecule has 218 valence electrons. The van der Waals surface area contributed by atoms with E-state index in [2.05, 4.69) is 29.2 Å². The van der Waals surface area contributed by atoms with Gasteiger partial charge in [0.25, 0.3) is 0 Å². The molecule has 1 saturated carbocycles. The van der Waals surface area contributed by atoms with Crippen LogP contribution in [0.2, 0.25) is 0 Å². The largest absolute Gasteiger partial charge is 0.504 e. The average molecular weight is 569 g/mol. The van der Waals surface area contributed by atoms with Crippen LogP contribution in [-0.2, 0) is 27.8 Å². The Labute approximate surface area is 245 Å². The van der Waals surface area contributed by atoms with Gasteiger partial charge in [-0.05, 0) is 62.3 Å². The van der Waals surface area contributed by atoms with Crippen LogP contribution in [-0.4, -0.2) is 65.1 Å². The lowest BCUT2D eigenvalue weighted by Gasteiger charge is -2.60. The normalized spacial score (nSPS) is 27.4. The number of likely N-dealkylation sites (N-methyl/N-ethyl adjacent to an activating group) is 1. The first-order valence-electron chi connectivity index (χ1n) is 14.9. The molecule has 1 spiro atoms. The van der Waals surface area contributed by atoms with Crippen molar-refractivity contribution in [1.82, 2.24) is 9.80 Å². The number of aromatic hydroxyl groups is 1. The molecule has 2 fully saturated rings. The predicted molar refractivity (Wildman–Crippen MR) is 156 cm³/mol. The van der Waals surface area contributed by atoms with Crippen LogP contribution in [0.5, 0.6) is 17.2 Å². The third kappa shape index (κ3) is 4.23. The molecule has 1 N–H and O–H groups in total. The zero-order valence-corrected chi connectivity index (χ0v) is 24.0. The van der Waals surface area contributed by atoms with Crippen molar-refractivity contribution in [3.63, 3.8) is 0 Å². The molecular formula is C34H36N2O6. The molecule has 5 atom stereocenters. The molecule has 2 aliphatic heterocycles. The molecule has 2 bridgehead atoms. The number of hydrogen-bond donors (Lipinski definition) is 1. The molecule has 1 aromatic heterocycles. The summed E-state index contributed by atoms with van der Waals surface area (Å²) in [6.45, 7) is 3.23. The van der Waals surface area contributed by atoms with Crippen LogP contribution in [0.1, 0.15) is 48.4 Å². The monoisotopic (exact) mass is 568 g/mol. The lowest BCUT2D eigenvalue weighted by atomic mass is 9.50. The van der Waals surface area contributed by atoms with Gasteiger partial charge < -0.3 is 23.9 Å². The Bertz CT molecular complexity index is 1530. The van der Waals surface area contributed by atoms with Crippen molar-refractivity contribution in [1.29, 1.82) is 0 Å². The summed E-state index contributed by atoms with van der Waals surface area (Å²) >= 11 is 0. The molecule has 4 aliphatic rings. The molecule has 0 unspecified atom stereocenters. The van der Waals surface area contributed by atoms with Crippen LogP contribution in [0.3, 0.4) is 0 Å². The Morgan fingerprint density at radius 3 is 2.81 bits per heavy atom. The maximum Gasteiger partial charge on any atom is 0.308 e. The van der Waals surface area contributed by atoms with E-state index in [4.69, 9.17) is 13.9 Å². The summed E-state index contributed by atoms with van der Waals surface area (Å²) < 4.78 is 17.6. The van der Waals surface area contributed by atoms with Crippen LogP contribution in [0.15, 0.2) is 65.5 Å². The molecular weight excluding hydrogens is 532 g/mol. The Morgan fingerprint density at radius 1 is 1.21 bits per heavy atom. The maximum atomic E-state index is 13.4. The summed E-state index contributed by atoms with van der Waals surface area (Å²) in [4.78, 5) is 29.9. The van der Waals surface area contributed by atoms with Crippen LogP contribution in [0.25, 0.3) is 6.08 Å². The Morgan fingerprint density at radius 2 is 2.05 bits per heavy atom. The average Bonchev–Trinajstić information content (AvgIpc) is 3.63. The summed E-state index contributed by atoms with van der Waals surface area (Å²) in [6, 6.07) is 14.0. The number of phenolic OH excluding ortho intramolecular Hbond substituents is 1. The molecule has 7 rings (SSSR count). The van der Waals surface area contributed by atoms with E-state index in [0.717, 1.165) is 61.9 Å². The number of ether oxygens (including phenoxy) is 2. The van der Waals surface area contributed by atoms with Crippen molar-refractivity contribution >= 4 is 18.0 Å². The fraction of sp³-hybridized carbons (Fsp3) is 0.412. The van der Waals surface area contributed by atoms with Crippen molar-refractivity contribution in [2.24, 2.45) is 5.92 Å². The third-order valence-electron chi connectivity index (χ3n) is 10.1. The third-order valence-corrected chi connectivity index (χ3v) is 10.1. The highest BCUT2D eigenvalue weighted by Crippen LogP contribution is 2.65. The minimum atomic E-state index is -0.414. The summed E-state index contributed by atoms with van der Waals surface area (Å²) in [5, 5.41) is 11.2. The van der Waals surface area contributed by atoms with Crippen LogP contribution in [0, 0.1) is 5.92 Å². The van der Waals surface area contributed by atoms with E-state index in [0.29, 0.717) is 17.4 Å². The summed E-state index contributed by atoms with van der Waals surface area (Å²) in [5.74, 6) is 0.689. The van der Waals surface area contributed by atoms with E-state index in [9.17, 15) is 14.7 Å². The van der Waals surface area contributed by atoms with E-state index < -0.39 is 5.97 Å². The number of hydrogen-bond acceptors (Lipinski definition) is 7. The quantitative estimate of drug-likeness (QED) is 0.250. The van der Waals surface area contributed by atoms with Crippen LogP contribution in [0.4, 0.5) is 0 Å². The molecule has 8 nitrogen and oxygen atoms in total. The molecule has 3 heterocycles. The number of furan rings is 1. The van der Waals surface area contributed by atoms with Crippen molar-refractivity contribution < 1.29 is 28.6 Å². The van der Waals surface area contributed by atoms with Crippen molar-refractivity contribution in [3.05, 3.63) is 83.3 Å². The zero-order chi connectivity index (χ0) is 29.0. The van der Waals surface area contributed by atoms with Gasteiger partial charge in [-0.2, -0.15) is 0 Å². The second-order valence-electron chi connectivity index (χ2n) is 12.1. The lowest BCUT2D eigenvalue weighted by molar-refractivity contribution is -0.135. The number of phenols is 1. The standard InChI is InChI=1S/C34H36N2O6/c1-21(37)41-29-19-28(38)32-31-24(29)18-27-25-9-10-26(35(2)30(39)11-8-23-13-17-40-20-23)33(42-32)34(25,31)14-16-36(27)15-12-22-6-4-3-5-7-22/h3-8,11,13,17,19-20,25-27,33,38H,9-10,12,14-16,18H2,1-2H3/b11-8+/t25-,26+,27+,33-,34-/m0/s1. The van der Waals surface area contributed by atoms with Gasteiger partial charge in [-0.15, -0.1) is 0 Å². The second kappa shape index (κ2) is 10.3. The number of rotatable bonds is 7. The molecule has 42 heavy (non-hydrogen) atoms. The molecule has 2 aliphatic carbocycles. The Kier molecular flexibility index (Phi) is 6.61. The van der Waals surface area contributed by atoms with E-state index >= 15 is 0 Å². The number of carbonyl (C=O) groups excluding carboxylic acids is 2. The van der Waals surface area contributed by atoms with Crippen LogP contribution >= 0.6 is 0 Å². The maximum absolute atomic E-state index is 13.4. The molecule has 1 amide bonds. The van der Waals surface area contributed by atoms with Crippen LogP contribution < -0.4 is 9.47 Å². The Hall–Kier alpha value is -4.04. The molecule has 1 saturated heterocycles. The summed E-state index contributed by atoms with van der Waals surface area (Å²) in [5.41, 5.74) is 3.72. The molecule has 3 aromatic rings.